The van der Waals surface area contributed by atoms with Gasteiger partial charge in [-0.05, 0) is 51.9 Å². The highest BCUT2D eigenvalue weighted by Crippen LogP contribution is 2.37. The van der Waals surface area contributed by atoms with Crippen molar-refractivity contribution < 1.29 is 0 Å². The van der Waals surface area contributed by atoms with Crippen molar-refractivity contribution >= 4 is 32.7 Å². The topological polar surface area (TPSA) is 43.6 Å². The number of aromatic nitrogens is 4. The average Bonchev–Trinajstić information content (AvgIpc) is 3.48. The van der Waals surface area contributed by atoms with Gasteiger partial charge in [0.15, 0.2) is 0 Å². The highest BCUT2D eigenvalue weighted by molar-refractivity contribution is 6.02. The monoisotopic (exact) mass is 574 g/mol. The minimum absolute atomic E-state index is 0.605. The van der Waals surface area contributed by atoms with Gasteiger partial charge in [0.05, 0.1) is 22.2 Å². The fourth-order valence-corrected chi connectivity index (χ4v) is 6.38. The van der Waals surface area contributed by atoms with Crippen LogP contribution in [0.3, 0.4) is 0 Å². The van der Waals surface area contributed by atoms with E-state index in [2.05, 4.69) is 138 Å². The molecular weight excluding hydrogens is 548 g/mol. The Kier molecular flexibility index (Phi) is 5.78. The zero-order valence-corrected chi connectivity index (χ0v) is 24.3. The van der Waals surface area contributed by atoms with Crippen molar-refractivity contribution in [2.24, 2.45) is 0 Å². The molecule has 0 aliphatic carbocycles. The summed E-state index contributed by atoms with van der Waals surface area (Å²) in [6.07, 6.45) is 0. The Morgan fingerprint density at radius 2 is 0.933 bits per heavy atom. The predicted octanol–water partition coefficient (Wildman–Crippen LogP) is 10.2. The summed E-state index contributed by atoms with van der Waals surface area (Å²) in [5, 5.41) is 3.25. The van der Waals surface area contributed by atoms with E-state index in [1.807, 2.05) is 24.3 Å². The summed E-state index contributed by atoms with van der Waals surface area (Å²) in [6.45, 7) is 0. The summed E-state index contributed by atoms with van der Waals surface area (Å²) in [6, 6.07) is 55.0. The highest BCUT2D eigenvalue weighted by Gasteiger charge is 2.21. The third-order valence-electron chi connectivity index (χ3n) is 8.63. The van der Waals surface area contributed by atoms with Crippen LogP contribution in [0.5, 0.6) is 0 Å². The molecule has 1 aromatic heterocycles. The number of fused-ring (bicyclic) bond motifs is 5. The Balaban J connectivity index is 1.19. The molecule has 9 rings (SSSR count). The molecule has 0 spiro atoms. The molecule has 0 saturated heterocycles. The second-order valence-electron chi connectivity index (χ2n) is 11.3. The first kappa shape index (κ1) is 25.4. The van der Waals surface area contributed by atoms with Gasteiger partial charge in [-0.3, -0.25) is 4.57 Å². The number of benzene rings is 6. The largest absolute Gasteiger partial charge is 0.262 e. The van der Waals surface area contributed by atoms with Gasteiger partial charge in [-0.15, -0.1) is 0 Å². The Morgan fingerprint density at radius 3 is 1.64 bits per heavy atom. The van der Waals surface area contributed by atoms with Gasteiger partial charge in [-0.25, -0.2) is 15.0 Å². The third kappa shape index (κ3) is 4.27. The molecule has 0 unspecified atom stereocenters. The summed E-state index contributed by atoms with van der Waals surface area (Å²) in [5.41, 5.74) is 10.7. The molecule has 4 heteroatoms. The van der Waals surface area contributed by atoms with Crippen molar-refractivity contribution in [3.05, 3.63) is 158 Å². The van der Waals surface area contributed by atoms with Crippen molar-refractivity contribution in [1.82, 2.24) is 19.5 Å². The first-order valence-corrected chi connectivity index (χ1v) is 15.1. The van der Waals surface area contributed by atoms with E-state index in [1.54, 1.807) is 0 Å². The molecule has 210 valence electrons. The van der Waals surface area contributed by atoms with E-state index in [-0.39, 0.29) is 0 Å². The number of pyridine rings is 1. The highest BCUT2D eigenvalue weighted by atomic mass is 15.2. The SMILES string of the molecule is c1ccc(-c2ccc(-c3ccc(-c4nc(-n5c6nc7ccccc7c-6cc6ccccc65)nc5ccccc45)cc3)cc2)cc1. The van der Waals surface area contributed by atoms with Crippen LogP contribution in [-0.2, 0) is 0 Å². The molecule has 0 N–H and O–H groups in total. The van der Waals surface area contributed by atoms with Gasteiger partial charge < -0.3 is 0 Å². The molecule has 2 aliphatic rings. The van der Waals surface area contributed by atoms with Crippen LogP contribution < -0.4 is 0 Å². The maximum atomic E-state index is 5.27. The number of nitrogens with zero attached hydrogens (tertiary/aromatic N) is 4. The van der Waals surface area contributed by atoms with Crippen molar-refractivity contribution in [3.8, 4) is 50.8 Å². The zero-order valence-electron chi connectivity index (χ0n) is 24.3. The van der Waals surface area contributed by atoms with Crippen LogP contribution in [0.25, 0.3) is 83.6 Å². The van der Waals surface area contributed by atoms with E-state index in [4.69, 9.17) is 15.0 Å². The van der Waals surface area contributed by atoms with E-state index in [0.717, 1.165) is 60.9 Å². The Bertz CT molecular complexity index is 2460. The van der Waals surface area contributed by atoms with Gasteiger partial charge in [0.25, 0.3) is 0 Å². The molecule has 7 aromatic rings. The molecule has 4 nitrogen and oxygen atoms in total. The molecule has 0 fully saturated rings. The average molecular weight is 575 g/mol. The van der Waals surface area contributed by atoms with Crippen molar-refractivity contribution in [3.63, 3.8) is 0 Å². The van der Waals surface area contributed by atoms with Crippen LogP contribution >= 0.6 is 0 Å². The lowest BCUT2D eigenvalue weighted by molar-refractivity contribution is 0.961. The summed E-state index contributed by atoms with van der Waals surface area (Å²) < 4.78 is 2.11. The molecule has 0 amide bonds. The Labute approximate surface area is 260 Å². The van der Waals surface area contributed by atoms with Crippen LogP contribution in [0.1, 0.15) is 0 Å². The van der Waals surface area contributed by atoms with Crippen molar-refractivity contribution in [2.45, 2.75) is 0 Å². The molecular formula is C41H26N4. The Hall–Kier alpha value is -6.13. The van der Waals surface area contributed by atoms with Gasteiger partial charge in [-0.1, -0.05) is 133 Å². The smallest absolute Gasteiger partial charge is 0.237 e. The standard InChI is InChI=1S/C41H26N4/c1-2-10-27(11-3-1)28-18-20-29(21-19-28)30-22-24-31(25-23-30)39-34-14-6-8-16-37(34)43-41(44-39)45-38-17-9-4-12-32(38)26-35-33-13-5-7-15-36(33)42-40(35)45/h1-26H. The maximum Gasteiger partial charge on any atom is 0.237 e. The fourth-order valence-electron chi connectivity index (χ4n) is 6.38. The van der Waals surface area contributed by atoms with E-state index < -0.39 is 0 Å². The summed E-state index contributed by atoms with van der Waals surface area (Å²) in [4.78, 5) is 15.5. The second kappa shape index (κ2) is 10.2. The van der Waals surface area contributed by atoms with Crippen LogP contribution in [0, 0.1) is 0 Å². The Morgan fingerprint density at radius 1 is 0.400 bits per heavy atom. The van der Waals surface area contributed by atoms with Gasteiger partial charge in [0.2, 0.25) is 5.95 Å². The minimum atomic E-state index is 0.605. The van der Waals surface area contributed by atoms with Crippen LogP contribution in [0.15, 0.2) is 158 Å². The van der Waals surface area contributed by atoms with Gasteiger partial charge in [0.1, 0.15) is 5.82 Å². The molecule has 6 aromatic carbocycles. The lowest BCUT2D eigenvalue weighted by atomic mass is 9.98. The van der Waals surface area contributed by atoms with E-state index in [9.17, 15) is 0 Å². The minimum Gasteiger partial charge on any atom is -0.262 e. The molecule has 3 heterocycles. The van der Waals surface area contributed by atoms with Crippen molar-refractivity contribution in [1.29, 1.82) is 0 Å². The summed E-state index contributed by atoms with van der Waals surface area (Å²) >= 11 is 0. The molecule has 0 saturated carbocycles. The van der Waals surface area contributed by atoms with Crippen molar-refractivity contribution in [2.75, 3.05) is 0 Å². The number of hydrogen-bond donors (Lipinski definition) is 0. The lowest BCUT2D eigenvalue weighted by Crippen LogP contribution is -2.08. The molecule has 0 radical (unpaired) electrons. The van der Waals surface area contributed by atoms with Gasteiger partial charge >= 0.3 is 0 Å². The molecule has 2 aliphatic heterocycles. The lowest BCUT2D eigenvalue weighted by Gasteiger charge is -2.17. The summed E-state index contributed by atoms with van der Waals surface area (Å²) in [7, 11) is 0. The van der Waals surface area contributed by atoms with E-state index in [0.29, 0.717) is 5.95 Å². The second-order valence-corrected chi connectivity index (χ2v) is 11.3. The molecule has 0 bridgehead atoms. The van der Waals surface area contributed by atoms with E-state index >= 15 is 0 Å². The van der Waals surface area contributed by atoms with Crippen LogP contribution in [-0.4, -0.2) is 19.5 Å². The quantitative estimate of drug-likeness (QED) is 0.210. The maximum absolute atomic E-state index is 5.27. The number of hydrogen-bond acceptors (Lipinski definition) is 3. The fraction of sp³-hybridized carbons (Fsp3) is 0. The van der Waals surface area contributed by atoms with Crippen LogP contribution in [0.4, 0.5) is 0 Å². The molecule has 45 heavy (non-hydrogen) atoms. The normalized spacial score (nSPS) is 11.6. The van der Waals surface area contributed by atoms with Gasteiger partial charge in [-0.2, -0.15) is 0 Å². The molecule has 0 atom stereocenters. The number of para-hydroxylation sites is 3. The van der Waals surface area contributed by atoms with Crippen LogP contribution in [0.2, 0.25) is 0 Å². The van der Waals surface area contributed by atoms with Gasteiger partial charge in [0, 0.05) is 21.9 Å². The van der Waals surface area contributed by atoms with E-state index in [1.165, 1.54) is 16.7 Å². The number of rotatable bonds is 4. The first-order chi connectivity index (χ1) is 22.3. The zero-order chi connectivity index (χ0) is 29.7. The summed E-state index contributed by atoms with van der Waals surface area (Å²) in [5.74, 6) is 1.46. The predicted molar refractivity (Wildman–Crippen MR) is 185 cm³/mol. The first-order valence-electron chi connectivity index (χ1n) is 15.1. The third-order valence-corrected chi connectivity index (χ3v) is 8.63.